The molecule has 0 aliphatic heterocycles. The van der Waals surface area contributed by atoms with Gasteiger partial charge in [-0.2, -0.15) is 5.26 Å². The van der Waals surface area contributed by atoms with Gasteiger partial charge in [-0.3, -0.25) is 4.40 Å². The number of benzene rings is 1. The van der Waals surface area contributed by atoms with Gasteiger partial charge in [0.2, 0.25) is 5.88 Å². The van der Waals surface area contributed by atoms with Gasteiger partial charge in [-0.1, -0.05) is 6.07 Å². The Kier molecular flexibility index (Phi) is 2.70. The molecular weight excluding hydrogens is 236 g/mol. The van der Waals surface area contributed by atoms with Crippen LogP contribution in [0.2, 0.25) is 0 Å². The predicted molar refractivity (Wildman–Crippen MR) is 73.4 cm³/mol. The molecule has 0 atom stereocenters. The lowest BCUT2D eigenvalue weighted by Gasteiger charge is -2.06. The molecule has 3 rings (SSSR count). The Morgan fingerprint density at radius 3 is 2.58 bits per heavy atom. The second-order valence-corrected chi connectivity index (χ2v) is 4.36. The Morgan fingerprint density at radius 2 is 1.84 bits per heavy atom. The van der Waals surface area contributed by atoms with Crippen molar-refractivity contribution < 1.29 is 4.74 Å². The van der Waals surface area contributed by atoms with Crippen LogP contribution >= 0.6 is 0 Å². The van der Waals surface area contributed by atoms with E-state index in [0.717, 1.165) is 17.1 Å². The molecule has 0 radical (unpaired) electrons. The van der Waals surface area contributed by atoms with Gasteiger partial charge in [0, 0.05) is 12.3 Å². The Morgan fingerprint density at radius 1 is 1.05 bits per heavy atom. The van der Waals surface area contributed by atoms with Crippen molar-refractivity contribution in [2.24, 2.45) is 0 Å². The Labute approximate surface area is 111 Å². The van der Waals surface area contributed by atoms with Crippen molar-refractivity contribution in [3.8, 4) is 17.7 Å². The van der Waals surface area contributed by atoms with E-state index in [1.165, 1.54) is 5.56 Å². The second-order valence-electron chi connectivity index (χ2n) is 4.36. The summed E-state index contributed by atoms with van der Waals surface area (Å²) in [5.74, 6) is 1.49. The summed E-state index contributed by atoms with van der Waals surface area (Å²) in [7, 11) is 0. The molecule has 3 aromatic rings. The molecule has 0 fully saturated rings. The van der Waals surface area contributed by atoms with Crippen molar-refractivity contribution >= 4 is 5.52 Å². The maximum absolute atomic E-state index is 8.76. The van der Waals surface area contributed by atoms with Gasteiger partial charge < -0.3 is 4.74 Å². The number of fused-ring (bicyclic) bond motifs is 1. The number of ether oxygens (including phenoxy) is 1. The summed E-state index contributed by atoms with van der Waals surface area (Å²) in [6, 6.07) is 17.2. The largest absolute Gasteiger partial charge is 0.440 e. The van der Waals surface area contributed by atoms with Crippen LogP contribution < -0.4 is 4.74 Å². The number of nitriles is 1. The maximum atomic E-state index is 8.76. The van der Waals surface area contributed by atoms with Crippen LogP contribution in [0.15, 0.2) is 54.7 Å². The van der Waals surface area contributed by atoms with E-state index in [2.05, 4.69) is 19.1 Å². The van der Waals surface area contributed by atoms with Crippen molar-refractivity contribution in [3.05, 3.63) is 65.9 Å². The fourth-order valence-electron chi connectivity index (χ4n) is 2.07. The molecule has 92 valence electrons. The molecule has 0 saturated heterocycles. The minimum absolute atomic E-state index is 0.628. The third kappa shape index (κ3) is 2.04. The van der Waals surface area contributed by atoms with Crippen molar-refractivity contribution in [2.45, 2.75) is 6.92 Å². The Bertz CT molecular complexity index is 764. The van der Waals surface area contributed by atoms with Crippen LogP contribution in [0.5, 0.6) is 11.6 Å². The van der Waals surface area contributed by atoms with Gasteiger partial charge >= 0.3 is 0 Å². The monoisotopic (exact) mass is 248 g/mol. The Balaban J connectivity index is 1.97. The summed E-state index contributed by atoms with van der Waals surface area (Å²) in [6.07, 6.45) is 1.97. The second kappa shape index (κ2) is 4.51. The van der Waals surface area contributed by atoms with E-state index in [9.17, 15) is 0 Å². The summed E-state index contributed by atoms with van der Waals surface area (Å²) >= 11 is 0. The van der Waals surface area contributed by atoms with Gasteiger partial charge in [0.1, 0.15) is 5.75 Å². The predicted octanol–water partition coefficient (Wildman–Crippen LogP) is 3.91. The molecule has 0 amide bonds. The van der Waals surface area contributed by atoms with Crippen molar-refractivity contribution in [1.82, 2.24) is 4.40 Å². The standard InChI is InChI=1S/C16H12N2O/c1-12-3-2-10-18-15(12)8-9-16(18)19-14-6-4-13(11-17)5-7-14/h2-10H,1H3. The normalized spacial score (nSPS) is 10.3. The van der Waals surface area contributed by atoms with Gasteiger partial charge in [-0.15, -0.1) is 0 Å². The Hall–Kier alpha value is -2.73. The average molecular weight is 248 g/mol. The number of pyridine rings is 1. The molecule has 1 aromatic carbocycles. The first-order valence-electron chi connectivity index (χ1n) is 6.02. The molecule has 2 heterocycles. The van der Waals surface area contributed by atoms with E-state index in [4.69, 9.17) is 10.00 Å². The summed E-state index contributed by atoms with van der Waals surface area (Å²) in [5.41, 5.74) is 2.96. The molecule has 0 aliphatic carbocycles. The van der Waals surface area contributed by atoms with Crippen LogP contribution in [0.25, 0.3) is 5.52 Å². The summed E-state index contributed by atoms with van der Waals surface area (Å²) < 4.78 is 7.85. The van der Waals surface area contributed by atoms with Crippen LogP contribution in [-0.2, 0) is 0 Å². The molecule has 19 heavy (non-hydrogen) atoms. The van der Waals surface area contributed by atoms with Crippen LogP contribution in [-0.4, -0.2) is 4.40 Å². The fourth-order valence-corrected chi connectivity index (χ4v) is 2.07. The van der Waals surface area contributed by atoms with Crippen LogP contribution in [0, 0.1) is 18.3 Å². The van der Waals surface area contributed by atoms with Gasteiger partial charge in [0.05, 0.1) is 17.1 Å². The number of aromatic nitrogens is 1. The van der Waals surface area contributed by atoms with Crippen LogP contribution in [0.1, 0.15) is 11.1 Å². The quantitative estimate of drug-likeness (QED) is 0.689. The first-order valence-corrected chi connectivity index (χ1v) is 6.02. The fraction of sp³-hybridized carbons (Fsp3) is 0.0625. The number of hydrogen-bond acceptors (Lipinski definition) is 2. The van der Waals surface area contributed by atoms with Gasteiger partial charge in [-0.25, -0.2) is 0 Å². The molecule has 0 spiro atoms. The van der Waals surface area contributed by atoms with Crippen molar-refractivity contribution in [2.75, 3.05) is 0 Å². The molecule has 0 bridgehead atoms. The lowest BCUT2D eigenvalue weighted by Crippen LogP contribution is -1.91. The average Bonchev–Trinajstić information content (AvgIpc) is 2.84. The lowest BCUT2D eigenvalue weighted by atomic mass is 10.2. The summed E-state index contributed by atoms with van der Waals surface area (Å²) in [4.78, 5) is 0. The maximum Gasteiger partial charge on any atom is 0.204 e. The molecule has 2 aromatic heterocycles. The van der Waals surface area contributed by atoms with Gasteiger partial charge in [0.25, 0.3) is 0 Å². The highest BCUT2D eigenvalue weighted by Crippen LogP contribution is 2.25. The highest BCUT2D eigenvalue weighted by molar-refractivity contribution is 5.58. The molecule has 3 heteroatoms. The van der Waals surface area contributed by atoms with E-state index < -0.39 is 0 Å². The summed E-state index contributed by atoms with van der Waals surface area (Å²) in [6.45, 7) is 2.07. The van der Waals surface area contributed by atoms with E-state index in [1.54, 1.807) is 24.3 Å². The van der Waals surface area contributed by atoms with Gasteiger partial charge in [0.15, 0.2) is 0 Å². The first kappa shape index (κ1) is 11.4. The van der Waals surface area contributed by atoms with E-state index in [0.29, 0.717) is 5.56 Å². The number of hydrogen-bond donors (Lipinski definition) is 0. The number of nitrogens with zero attached hydrogens (tertiary/aromatic N) is 2. The zero-order chi connectivity index (χ0) is 13.2. The minimum Gasteiger partial charge on any atom is -0.440 e. The van der Waals surface area contributed by atoms with Gasteiger partial charge in [-0.05, 0) is 48.9 Å². The van der Waals surface area contributed by atoms with Crippen LogP contribution in [0.3, 0.4) is 0 Å². The zero-order valence-electron chi connectivity index (χ0n) is 10.5. The molecule has 3 nitrogen and oxygen atoms in total. The first-order chi connectivity index (χ1) is 9.28. The van der Waals surface area contributed by atoms with Crippen LogP contribution in [0.4, 0.5) is 0 Å². The third-order valence-corrected chi connectivity index (χ3v) is 3.07. The molecule has 0 saturated carbocycles. The highest BCUT2D eigenvalue weighted by atomic mass is 16.5. The molecule has 0 aliphatic rings. The van der Waals surface area contributed by atoms with Crippen molar-refractivity contribution in [3.63, 3.8) is 0 Å². The highest BCUT2D eigenvalue weighted by Gasteiger charge is 2.05. The zero-order valence-corrected chi connectivity index (χ0v) is 10.5. The number of rotatable bonds is 2. The van der Waals surface area contributed by atoms with Crippen molar-refractivity contribution in [1.29, 1.82) is 5.26 Å². The van der Waals surface area contributed by atoms with E-state index in [-0.39, 0.29) is 0 Å². The van der Waals surface area contributed by atoms with E-state index in [1.807, 2.05) is 28.8 Å². The lowest BCUT2D eigenvalue weighted by molar-refractivity contribution is 0.459. The topological polar surface area (TPSA) is 37.4 Å². The smallest absolute Gasteiger partial charge is 0.204 e. The molecular formula is C16H12N2O. The summed E-state index contributed by atoms with van der Waals surface area (Å²) in [5, 5.41) is 8.76. The minimum atomic E-state index is 0.628. The molecule has 0 N–H and O–H groups in total. The third-order valence-electron chi connectivity index (χ3n) is 3.07. The number of aryl methyl sites for hydroxylation is 1. The molecule has 0 unspecified atom stereocenters. The van der Waals surface area contributed by atoms with E-state index >= 15 is 0 Å². The SMILES string of the molecule is Cc1cccn2c(Oc3ccc(C#N)cc3)ccc12.